The van der Waals surface area contributed by atoms with Crippen molar-refractivity contribution in [3.63, 3.8) is 0 Å². The second-order valence-electron chi connectivity index (χ2n) is 5.93. The first-order valence-electron chi connectivity index (χ1n) is 8.97. The van der Waals surface area contributed by atoms with Crippen LogP contribution in [0.5, 0.6) is 11.5 Å². The highest BCUT2D eigenvalue weighted by molar-refractivity contribution is 5.97. The molecule has 0 spiro atoms. The smallest absolute Gasteiger partial charge is 0.338 e. The maximum absolute atomic E-state index is 12.2. The van der Waals surface area contributed by atoms with Gasteiger partial charge < -0.3 is 19.5 Å². The van der Waals surface area contributed by atoms with Crippen LogP contribution < -0.4 is 14.8 Å². The van der Waals surface area contributed by atoms with Gasteiger partial charge in [0.2, 0.25) is 0 Å². The number of aryl methyl sites for hydroxylation is 1. The zero-order valence-corrected chi connectivity index (χ0v) is 16.4. The first kappa shape index (κ1) is 21.7. The number of anilines is 1. The quantitative estimate of drug-likeness (QED) is 0.387. The molecule has 154 valence electrons. The number of ether oxygens (including phenoxy) is 3. The molecule has 2 aromatic rings. The van der Waals surface area contributed by atoms with E-state index in [0.29, 0.717) is 30.3 Å². The van der Waals surface area contributed by atoms with Crippen molar-refractivity contribution in [2.24, 2.45) is 0 Å². The van der Waals surface area contributed by atoms with Crippen molar-refractivity contribution in [1.82, 2.24) is 0 Å². The van der Waals surface area contributed by atoms with Crippen molar-refractivity contribution in [2.45, 2.75) is 20.8 Å². The van der Waals surface area contributed by atoms with Crippen LogP contribution in [0.3, 0.4) is 0 Å². The number of esters is 1. The molecular formula is C20H22N2O7. The predicted octanol–water partition coefficient (Wildman–Crippen LogP) is 3.50. The Balaban J connectivity index is 2.03. The molecule has 2 rings (SSSR count). The van der Waals surface area contributed by atoms with E-state index in [2.05, 4.69) is 5.32 Å². The Morgan fingerprint density at radius 2 is 1.72 bits per heavy atom. The van der Waals surface area contributed by atoms with Crippen LogP contribution in [0.1, 0.15) is 29.8 Å². The highest BCUT2D eigenvalue weighted by Crippen LogP contribution is 2.29. The third kappa shape index (κ3) is 5.93. The number of carbonyl (C=O) groups is 2. The molecule has 0 aliphatic heterocycles. The fourth-order valence-electron chi connectivity index (χ4n) is 2.48. The van der Waals surface area contributed by atoms with Crippen LogP contribution in [0.25, 0.3) is 0 Å². The number of rotatable bonds is 9. The molecule has 0 saturated carbocycles. The molecule has 0 aliphatic rings. The van der Waals surface area contributed by atoms with Gasteiger partial charge in [-0.05, 0) is 50.6 Å². The van der Waals surface area contributed by atoms with E-state index in [1.807, 2.05) is 6.92 Å². The molecule has 1 N–H and O–H groups in total. The standard InChI is InChI=1S/C20H22N2O7/c1-4-27-17-9-7-14(11-18(17)28-5-2)20(24)29-12-19(23)21-15-8-6-13(3)10-16(15)22(25)26/h6-11H,4-5,12H2,1-3H3,(H,21,23). The number of nitrogens with zero attached hydrogens (tertiary/aromatic N) is 1. The molecule has 0 aliphatic carbocycles. The summed E-state index contributed by atoms with van der Waals surface area (Å²) in [4.78, 5) is 34.8. The summed E-state index contributed by atoms with van der Waals surface area (Å²) < 4.78 is 15.9. The number of nitrogens with one attached hydrogen (secondary N) is 1. The average Bonchev–Trinajstić information content (AvgIpc) is 2.69. The lowest BCUT2D eigenvalue weighted by Gasteiger charge is -2.12. The Kier molecular flexibility index (Phi) is 7.53. The largest absolute Gasteiger partial charge is 0.490 e. The molecule has 0 atom stereocenters. The maximum Gasteiger partial charge on any atom is 0.338 e. The van der Waals surface area contributed by atoms with Gasteiger partial charge in [-0.15, -0.1) is 0 Å². The van der Waals surface area contributed by atoms with Crippen LogP contribution in [0.15, 0.2) is 36.4 Å². The first-order valence-corrected chi connectivity index (χ1v) is 8.97. The minimum atomic E-state index is -0.734. The van der Waals surface area contributed by atoms with E-state index in [-0.39, 0.29) is 16.9 Å². The topological polar surface area (TPSA) is 117 Å². The van der Waals surface area contributed by atoms with Gasteiger partial charge >= 0.3 is 5.97 Å². The van der Waals surface area contributed by atoms with Crippen LogP contribution in [-0.4, -0.2) is 36.6 Å². The van der Waals surface area contributed by atoms with E-state index in [0.717, 1.165) is 0 Å². The zero-order chi connectivity index (χ0) is 21.4. The number of hydrogen-bond acceptors (Lipinski definition) is 7. The molecule has 0 heterocycles. The normalized spacial score (nSPS) is 10.2. The van der Waals surface area contributed by atoms with Gasteiger partial charge in [-0.2, -0.15) is 0 Å². The molecule has 0 fully saturated rings. The van der Waals surface area contributed by atoms with E-state index < -0.39 is 23.4 Å². The Morgan fingerprint density at radius 1 is 1.03 bits per heavy atom. The summed E-state index contributed by atoms with van der Waals surface area (Å²) in [7, 11) is 0. The number of amides is 1. The lowest BCUT2D eigenvalue weighted by molar-refractivity contribution is -0.384. The molecule has 2 aromatic carbocycles. The number of hydrogen-bond donors (Lipinski definition) is 1. The van der Waals surface area contributed by atoms with Crippen molar-refractivity contribution in [3.8, 4) is 11.5 Å². The van der Waals surface area contributed by atoms with Gasteiger partial charge in [0.25, 0.3) is 11.6 Å². The average molecular weight is 402 g/mol. The number of carbonyl (C=O) groups excluding carboxylic acids is 2. The van der Waals surface area contributed by atoms with Crippen LogP contribution in [0.2, 0.25) is 0 Å². The van der Waals surface area contributed by atoms with Gasteiger partial charge in [-0.25, -0.2) is 4.79 Å². The molecule has 9 heteroatoms. The Labute approximate surface area is 167 Å². The van der Waals surface area contributed by atoms with Crippen LogP contribution in [0.4, 0.5) is 11.4 Å². The van der Waals surface area contributed by atoms with E-state index in [1.54, 1.807) is 26.0 Å². The molecule has 0 unspecified atom stereocenters. The maximum atomic E-state index is 12.2. The lowest BCUT2D eigenvalue weighted by atomic mass is 10.2. The Hall–Kier alpha value is -3.62. The summed E-state index contributed by atoms with van der Waals surface area (Å²) >= 11 is 0. The number of benzene rings is 2. The summed E-state index contributed by atoms with van der Waals surface area (Å²) in [5, 5.41) is 13.5. The van der Waals surface area contributed by atoms with Gasteiger partial charge in [0, 0.05) is 6.07 Å². The second kappa shape index (κ2) is 10.1. The highest BCUT2D eigenvalue weighted by Gasteiger charge is 2.18. The minimum absolute atomic E-state index is 0.0290. The summed E-state index contributed by atoms with van der Waals surface area (Å²) in [5.74, 6) is -0.539. The SMILES string of the molecule is CCOc1ccc(C(=O)OCC(=O)Nc2ccc(C)cc2[N+](=O)[O-])cc1OCC. The van der Waals surface area contributed by atoms with E-state index in [1.165, 1.54) is 24.3 Å². The van der Waals surface area contributed by atoms with E-state index in [9.17, 15) is 19.7 Å². The molecule has 0 radical (unpaired) electrons. The fraction of sp³-hybridized carbons (Fsp3) is 0.300. The lowest BCUT2D eigenvalue weighted by Crippen LogP contribution is -2.21. The molecule has 29 heavy (non-hydrogen) atoms. The molecule has 0 bridgehead atoms. The fourth-order valence-corrected chi connectivity index (χ4v) is 2.48. The second-order valence-corrected chi connectivity index (χ2v) is 5.93. The number of nitro groups is 1. The van der Waals surface area contributed by atoms with Crippen LogP contribution in [-0.2, 0) is 9.53 Å². The van der Waals surface area contributed by atoms with Crippen molar-refractivity contribution >= 4 is 23.3 Å². The summed E-state index contributed by atoms with van der Waals surface area (Å²) in [6.07, 6.45) is 0. The zero-order valence-electron chi connectivity index (χ0n) is 16.4. The summed E-state index contributed by atoms with van der Waals surface area (Å²) in [6, 6.07) is 8.95. The van der Waals surface area contributed by atoms with Gasteiger partial charge in [0.1, 0.15) is 5.69 Å². The third-order valence-corrected chi connectivity index (χ3v) is 3.74. The van der Waals surface area contributed by atoms with E-state index in [4.69, 9.17) is 14.2 Å². The summed E-state index contributed by atoms with van der Waals surface area (Å²) in [5.41, 5.74) is 0.659. The van der Waals surface area contributed by atoms with Crippen molar-refractivity contribution in [1.29, 1.82) is 0 Å². The van der Waals surface area contributed by atoms with Crippen LogP contribution in [0, 0.1) is 17.0 Å². The molecule has 0 aromatic heterocycles. The first-order chi connectivity index (χ1) is 13.8. The van der Waals surface area contributed by atoms with Gasteiger partial charge in [-0.1, -0.05) is 6.07 Å². The van der Waals surface area contributed by atoms with Crippen LogP contribution >= 0.6 is 0 Å². The molecule has 9 nitrogen and oxygen atoms in total. The molecular weight excluding hydrogens is 380 g/mol. The Bertz CT molecular complexity index is 912. The summed E-state index contributed by atoms with van der Waals surface area (Å²) in [6.45, 7) is 5.56. The minimum Gasteiger partial charge on any atom is -0.490 e. The van der Waals surface area contributed by atoms with E-state index >= 15 is 0 Å². The van der Waals surface area contributed by atoms with Crippen molar-refractivity contribution in [2.75, 3.05) is 25.1 Å². The monoisotopic (exact) mass is 402 g/mol. The van der Waals surface area contributed by atoms with Crippen molar-refractivity contribution < 1.29 is 28.7 Å². The predicted molar refractivity (Wildman–Crippen MR) is 106 cm³/mol. The Morgan fingerprint density at radius 3 is 2.38 bits per heavy atom. The van der Waals surface area contributed by atoms with Crippen molar-refractivity contribution in [3.05, 3.63) is 57.6 Å². The molecule has 0 saturated heterocycles. The highest BCUT2D eigenvalue weighted by atomic mass is 16.6. The third-order valence-electron chi connectivity index (χ3n) is 3.74. The van der Waals surface area contributed by atoms with Gasteiger partial charge in [0.05, 0.1) is 23.7 Å². The number of nitro benzene ring substituents is 1. The molecule has 1 amide bonds. The van der Waals surface area contributed by atoms with Gasteiger partial charge in [-0.3, -0.25) is 14.9 Å². The van der Waals surface area contributed by atoms with Gasteiger partial charge in [0.15, 0.2) is 18.1 Å².